The van der Waals surface area contributed by atoms with Crippen molar-refractivity contribution in [1.29, 1.82) is 0 Å². The molecule has 0 bridgehead atoms. The van der Waals surface area contributed by atoms with Crippen molar-refractivity contribution in [2.45, 2.75) is 24.3 Å². The van der Waals surface area contributed by atoms with Crippen molar-refractivity contribution in [3.8, 4) is 0 Å². The van der Waals surface area contributed by atoms with Crippen LogP contribution in [-0.4, -0.2) is 34.7 Å². The normalized spacial score (nSPS) is 10.6. The lowest BCUT2D eigenvalue weighted by atomic mass is 10.1. The quantitative estimate of drug-likeness (QED) is 0.747. The Hall–Kier alpha value is -1.47. The summed E-state index contributed by atoms with van der Waals surface area (Å²) in [6.07, 6.45) is 2.81. The van der Waals surface area contributed by atoms with Gasteiger partial charge in [-0.2, -0.15) is 11.8 Å². The second-order valence-corrected chi connectivity index (χ2v) is 6.50. The molecule has 0 spiro atoms. The topological polar surface area (TPSA) is 68.0 Å². The van der Waals surface area contributed by atoms with E-state index in [-0.39, 0.29) is 11.7 Å². The fourth-order valence-corrected chi connectivity index (χ4v) is 2.86. The van der Waals surface area contributed by atoms with Gasteiger partial charge in [0, 0.05) is 6.54 Å². The van der Waals surface area contributed by atoms with Gasteiger partial charge in [-0.25, -0.2) is 0 Å². The van der Waals surface area contributed by atoms with Crippen LogP contribution >= 0.6 is 23.5 Å². The summed E-state index contributed by atoms with van der Waals surface area (Å²) < 4.78 is 5.40. The number of thioether (sulfide) groups is 2. The van der Waals surface area contributed by atoms with Crippen molar-refractivity contribution in [1.82, 2.24) is 15.5 Å². The minimum absolute atomic E-state index is 0.0248. The monoisotopic (exact) mass is 337 g/mol. The number of carbonyl (C=O) groups excluding carboxylic acids is 1. The second-order valence-electron chi connectivity index (χ2n) is 4.71. The molecule has 118 valence electrons. The number of nitrogens with one attached hydrogen (secondary N) is 1. The van der Waals surface area contributed by atoms with E-state index in [0.717, 1.165) is 6.42 Å². The van der Waals surface area contributed by atoms with Gasteiger partial charge in [0.1, 0.15) is 0 Å². The van der Waals surface area contributed by atoms with Crippen LogP contribution in [0.4, 0.5) is 0 Å². The molecule has 22 heavy (non-hydrogen) atoms. The van der Waals surface area contributed by atoms with Gasteiger partial charge in [0.25, 0.3) is 5.22 Å². The van der Waals surface area contributed by atoms with Crippen LogP contribution < -0.4 is 5.32 Å². The molecule has 0 aliphatic carbocycles. The molecule has 1 aromatic heterocycles. The minimum Gasteiger partial charge on any atom is -0.415 e. The third-order valence-corrected chi connectivity index (χ3v) is 4.37. The Balaban J connectivity index is 1.68. The highest BCUT2D eigenvalue weighted by atomic mass is 32.2. The molecule has 0 aliphatic heterocycles. The van der Waals surface area contributed by atoms with Crippen LogP contribution in [0, 0.1) is 6.92 Å². The van der Waals surface area contributed by atoms with Crippen LogP contribution in [0.5, 0.6) is 0 Å². The summed E-state index contributed by atoms with van der Waals surface area (Å²) in [5, 5.41) is 11.2. The number of benzene rings is 1. The first-order valence-electron chi connectivity index (χ1n) is 6.94. The van der Waals surface area contributed by atoms with Crippen molar-refractivity contribution in [3.63, 3.8) is 0 Å². The number of nitrogens with zero attached hydrogens (tertiary/aromatic N) is 2. The number of aryl methyl sites for hydroxylation is 1. The van der Waals surface area contributed by atoms with E-state index in [1.807, 2.05) is 18.4 Å². The largest absolute Gasteiger partial charge is 0.415 e. The van der Waals surface area contributed by atoms with E-state index < -0.39 is 0 Å². The van der Waals surface area contributed by atoms with Crippen molar-refractivity contribution in [2.24, 2.45) is 0 Å². The van der Waals surface area contributed by atoms with E-state index in [4.69, 9.17) is 4.42 Å². The molecule has 1 amide bonds. The van der Waals surface area contributed by atoms with Gasteiger partial charge in [0.15, 0.2) is 0 Å². The smallest absolute Gasteiger partial charge is 0.277 e. The number of hydrogen-bond donors (Lipinski definition) is 1. The Labute approximate surface area is 138 Å². The maximum atomic E-state index is 11.8. The number of hydrogen-bond acceptors (Lipinski definition) is 6. The summed E-state index contributed by atoms with van der Waals surface area (Å²) in [4.78, 5) is 11.8. The SMILES string of the molecule is CSCc1nnc(SCC(=O)NCCc2ccccc2C)o1. The lowest BCUT2D eigenvalue weighted by Crippen LogP contribution is -2.27. The first kappa shape index (κ1) is 16.9. The lowest BCUT2D eigenvalue weighted by molar-refractivity contribution is -0.118. The summed E-state index contributed by atoms with van der Waals surface area (Å²) in [6, 6.07) is 8.20. The summed E-state index contributed by atoms with van der Waals surface area (Å²) in [7, 11) is 0. The van der Waals surface area contributed by atoms with E-state index in [1.165, 1.54) is 22.9 Å². The van der Waals surface area contributed by atoms with E-state index in [0.29, 0.717) is 23.4 Å². The van der Waals surface area contributed by atoms with Crippen LogP contribution in [0.15, 0.2) is 33.9 Å². The molecular weight excluding hydrogens is 318 g/mol. The minimum atomic E-state index is -0.0248. The highest BCUT2D eigenvalue weighted by Crippen LogP contribution is 2.17. The standard InChI is InChI=1S/C15H19N3O2S2/c1-11-5-3-4-6-12(11)7-8-16-13(19)9-22-15-18-17-14(20-15)10-21-2/h3-6H,7-10H2,1-2H3,(H,16,19). The second kappa shape index (κ2) is 8.85. The fourth-order valence-electron chi connectivity index (χ4n) is 1.88. The molecule has 7 heteroatoms. The molecule has 0 atom stereocenters. The molecule has 2 rings (SSSR count). The van der Waals surface area contributed by atoms with Gasteiger partial charge in [-0.15, -0.1) is 10.2 Å². The predicted molar refractivity (Wildman–Crippen MR) is 90.1 cm³/mol. The molecule has 0 unspecified atom stereocenters. The van der Waals surface area contributed by atoms with E-state index in [2.05, 4.69) is 34.6 Å². The first-order valence-corrected chi connectivity index (χ1v) is 9.32. The van der Waals surface area contributed by atoms with Crippen molar-refractivity contribution >= 4 is 29.4 Å². The summed E-state index contributed by atoms with van der Waals surface area (Å²) >= 11 is 2.88. The number of amides is 1. The average molecular weight is 337 g/mol. The Morgan fingerprint density at radius 2 is 2.14 bits per heavy atom. The molecule has 1 heterocycles. The molecule has 5 nitrogen and oxygen atoms in total. The number of aromatic nitrogens is 2. The van der Waals surface area contributed by atoms with E-state index in [1.54, 1.807) is 11.8 Å². The highest BCUT2D eigenvalue weighted by Gasteiger charge is 2.09. The third-order valence-electron chi connectivity index (χ3n) is 3.02. The molecule has 0 aliphatic rings. The zero-order chi connectivity index (χ0) is 15.8. The molecule has 0 saturated carbocycles. The highest BCUT2D eigenvalue weighted by molar-refractivity contribution is 7.99. The molecule has 1 aromatic carbocycles. The number of carbonyl (C=O) groups is 1. The van der Waals surface area contributed by atoms with Gasteiger partial charge in [0.2, 0.25) is 11.8 Å². The Morgan fingerprint density at radius 3 is 2.91 bits per heavy atom. The Kier molecular flexibility index (Phi) is 6.79. The zero-order valence-corrected chi connectivity index (χ0v) is 14.3. The van der Waals surface area contributed by atoms with Crippen molar-refractivity contribution in [3.05, 3.63) is 41.3 Å². The van der Waals surface area contributed by atoms with Gasteiger partial charge in [-0.05, 0) is 30.7 Å². The molecular formula is C15H19N3O2S2. The Bertz CT molecular complexity index is 616. The molecule has 0 radical (unpaired) electrons. The molecule has 0 fully saturated rings. The third kappa shape index (κ3) is 5.38. The van der Waals surface area contributed by atoms with Crippen molar-refractivity contribution < 1.29 is 9.21 Å². The molecule has 2 aromatic rings. The van der Waals surface area contributed by atoms with Gasteiger partial charge >= 0.3 is 0 Å². The first-order chi connectivity index (χ1) is 10.7. The average Bonchev–Trinajstić information content (AvgIpc) is 2.95. The van der Waals surface area contributed by atoms with Gasteiger partial charge in [0.05, 0.1) is 11.5 Å². The summed E-state index contributed by atoms with van der Waals surface area (Å²) in [5.41, 5.74) is 2.51. The predicted octanol–water partition coefficient (Wildman–Crippen LogP) is 2.69. The van der Waals surface area contributed by atoms with Crippen LogP contribution in [0.25, 0.3) is 0 Å². The maximum absolute atomic E-state index is 11.8. The van der Waals surface area contributed by atoms with E-state index >= 15 is 0 Å². The lowest BCUT2D eigenvalue weighted by Gasteiger charge is -2.06. The maximum Gasteiger partial charge on any atom is 0.277 e. The van der Waals surface area contributed by atoms with Crippen molar-refractivity contribution in [2.75, 3.05) is 18.6 Å². The number of rotatable bonds is 8. The van der Waals surface area contributed by atoms with Crippen LogP contribution in [0.3, 0.4) is 0 Å². The van der Waals surface area contributed by atoms with Gasteiger partial charge in [-0.3, -0.25) is 4.79 Å². The van der Waals surface area contributed by atoms with Gasteiger partial charge in [-0.1, -0.05) is 36.0 Å². The molecule has 0 saturated heterocycles. The van der Waals surface area contributed by atoms with E-state index in [9.17, 15) is 4.79 Å². The van der Waals surface area contributed by atoms with Crippen LogP contribution in [0.2, 0.25) is 0 Å². The van der Waals surface area contributed by atoms with Crippen LogP contribution in [0.1, 0.15) is 17.0 Å². The Morgan fingerprint density at radius 1 is 1.32 bits per heavy atom. The van der Waals surface area contributed by atoms with Crippen LogP contribution in [-0.2, 0) is 17.0 Å². The zero-order valence-electron chi connectivity index (χ0n) is 12.7. The fraction of sp³-hybridized carbons (Fsp3) is 0.400. The summed E-state index contributed by atoms with van der Waals surface area (Å²) in [5.74, 6) is 1.54. The molecule has 1 N–H and O–H groups in total. The summed E-state index contributed by atoms with van der Waals surface area (Å²) in [6.45, 7) is 2.71. The van der Waals surface area contributed by atoms with Gasteiger partial charge < -0.3 is 9.73 Å².